The van der Waals surface area contributed by atoms with Gasteiger partial charge in [0.05, 0.1) is 19.6 Å². The van der Waals surface area contributed by atoms with Gasteiger partial charge in [-0.2, -0.15) is 0 Å². The molecular formula is C19H22N2O2. The van der Waals surface area contributed by atoms with E-state index in [1.807, 2.05) is 48.5 Å². The summed E-state index contributed by atoms with van der Waals surface area (Å²) in [6, 6.07) is 20.0. The summed E-state index contributed by atoms with van der Waals surface area (Å²) < 4.78 is 5.43. The average molecular weight is 310 g/mol. The molecule has 120 valence electrons. The lowest BCUT2D eigenvalue weighted by Gasteiger charge is -2.35. The second kappa shape index (κ2) is 7.90. The lowest BCUT2D eigenvalue weighted by molar-refractivity contribution is -0.123. The highest BCUT2D eigenvalue weighted by Gasteiger charge is 2.24. The number of hydrogen-bond acceptors (Lipinski definition) is 3. The van der Waals surface area contributed by atoms with Crippen LogP contribution in [-0.2, 0) is 16.0 Å². The van der Waals surface area contributed by atoms with Gasteiger partial charge in [0, 0.05) is 13.1 Å². The van der Waals surface area contributed by atoms with E-state index in [-0.39, 0.29) is 12.1 Å². The van der Waals surface area contributed by atoms with E-state index in [4.69, 9.17) is 4.74 Å². The molecule has 2 aromatic rings. The van der Waals surface area contributed by atoms with E-state index in [0.29, 0.717) is 19.6 Å². The third-order valence-corrected chi connectivity index (χ3v) is 4.03. The zero-order valence-electron chi connectivity index (χ0n) is 13.2. The summed E-state index contributed by atoms with van der Waals surface area (Å²) in [5, 5.41) is 3.18. The van der Waals surface area contributed by atoms with Crippen molar-refractivity contribution in [1.29, 1.82) is 0 Å². The first-order chi connectivity index (χ1) is 11.3. The van der Waals surface area contributed by atoms with Crippen molar-refractivity contribution < 1.29 is 9.53 Å². The normalized spacial score (nSPS) is 16.7. The molecule has 0 bridgehead atoms. The molecule has 1 unspecified atom stereocenters. The number of nitrogens with one attached hydrogen (secondary N) is 1. The number of rotatable bonds is 5. The van der Waals surface area contributed by atoms with E-state index in [1.54, 1.807) is 0 Å². The van der Waals surface area contributed by atoms with Crippen LogP contribution in [0.2, 0.25) is 0 Å². The first-order valence-electron chi connectivity index (χ1n) is 8.03. The number of carbonyl (C=O) groups is 1. The van der Waals surface area contributed by atoms with Gasteiger partial charge in [-0.3, -0.25) is 9.69 Å². The molecule has 1 heterocycles. The fourth-order valence-electron chi connectivity index (χ4n) is 2.84. The summed E-state index contributed by atoms with van der Waals surface area (Å²) in [5.74, 6) is 0.0385. The molecule has 0 aromatic heterocycles. The van der Waals surface area contributed by atoms with Gasteiger partial charge in [0.1, 0.15) is 6.17 Å². The van der Waals surface area contributed by atoms with Crippen LogP contribution in [-0.4, -0.2) is 37.1 Å². The quantitative estimate of drug-likeness (QED) is 0.922. The van der Waals surface area contributed by atoms with Crippen molar-refractivity contribution in [3.8, 4) is 0 Å². The summed E-state index contributed by atoms with van der Waals surface area (Å²) >= 11 is 0. The Hall–Kier alpha value is -2.17. The van der Waals surface area contributed by atoms with E-state index in [1.165, 1.54) is 0 Å². The van der Waals surface area contributed by atoms with Crippen LogP contribution in [0.4, 0.5) is 0 Å². The lowest BCUT2D eigenvalue weighted by Crippen LogP contribution is -2.46. The number of benzene rings is 2. The summed E-state index contributed by atoms with van der Waals surface area (Å²) in [6.45, 7) is 3.06. The number of ether oxygens (including phenoxy) is 1. The molecule has 1 N–H and O–H groups in total. The molecular weight excluding hydrogens is 288 g/mol. The highest BCUT2D eigenvalue weighted by atomic mass is 16.5. The highest BCUT2D eigenvalue weighted by Crippen LogP contribution is 2.19. The average Bonchev–Trinajstić information content (AvgIpc) is 2.62. The Morgan fingerprint density at radius 2 is 1.61 bits per heavy atom. The Kier molecular flexibility index (Phi) is 5.40. The minimum Gasteiger partial charge on any atom is -0.379 e. The molecule has 1 aliphatic heterocycles. The van der Waals surface area contributed by atoms with Crippen molar-refractivity contribution in [2.75, 3.05) is 26.3 Å². The largest absolute Gasteiger partial charge is 0.379 e. The summed E-state index contributed by atoms with van der Waals surface area (Å²) in [5.41, 5.74) is 2.13. The van der Waals surface area contributed by atoms with E-state index in [9.17, 15) is 4.79 Å². The van der Waals surface area contributed by atoms with Crippen LogP contribution in [0.3, 0.4) is 0 Å². The molecule has 1 saturated heterocycles. The third kappa shape index (κ3) is 4.41. The molecule has 1 aliphatic rings. The van der Waals surface area contributed by atoms with Crippen LogP contribution in [0, 0.1) is 0 Å². The van der Waals surface area contributed by atoms with Gasteiger partial charge in [0.15, 0.2) is 0 Å². The maximum absolute atomic E-state index is 12.5. The number of hydrogen-bond donors (Lipinski definition) is 1. The minimum absolute atomic E-state index is 0.0385. The Morgan fingerprint density at radius 3 is 2.26 bits per heavy atom. The van der Waals surface area contributed by atoms with E-state index in [2.05, 4.69) is 22.3 Å². The highest BCUT2D eigenvalue weighted by molar-refractivity contribution is 5.79. The molecule has 1 atom stereocenters. The smallest absolute Gasteiger partial charge is 0.225 e. The predicted molar refractivity (Wildman–Crippen MR) is 89.9 cm³/mol. The van der Waals surface area contributed by atoms with Crippen LogP contribution in [0.15, 0.2) is 60.7 Å². The minimum atomic E-state index is -0.101. The van der Waals surface area contributed by atoms with Gasteiger partial charge in [0.2, 0.25) is 5.91 Å². The van der Waals surface area contributed by atoms with E-state index >= 15 is 0 Å². The standard InChI is InChI=1S/C19H22N2O2/c22-18(15-16-7-3-1-4-8-16)20-19(17-9-5-2-6-10-17)21-11-13-23-14-12-21/h1-10,19H,11-15H2,(H,20,22). The molecule has 4 heteroatoms. The first-order valence-corrected chi connectivity index (χ1v) is 8.03. The van der Waals surface area contributed by atoms with Crippen molar-refractivity contribution in [2.45, 2.75) is 12.6 Å². The van der Waals surface area contributed by atoms with Crippen LogP contribution in [0.5, 0.6) is 0 Å². The Balaban J connectivity index is 1.71. The van der Waals surface area contributed by atoms with Gasteiger partial charge in [-0.15, -0.1) is 0 Å². The second-order valence-corrected chi connectivity index (χ2v) is 5.69. The summed E-state index contributed by atoms with van der Waals surface area (Å²) in [6.07, 6.45) is 0.297. The molecule has 0 spiro atoms. The maximum atomic E-state index is 12.5. The van der Waals surface area contributed by atoms with E-state index < -0.39 is 0 Å². The molecule has 1 fully saturated rings. The fraction of sp³-hybridized carbons (Fsp3) is 0.316. The van der Waals surface area contributed by atoms with Crippen molar-refractivity contribution >= 4 is 5.91 Å². The molecule has 2 aromatic carbocycles. The molecule has 23 heavy (non-hydrogen) atoms. The van der Waals surface area contributed by atoms with Gasteiger partial charge < -0.3 is 10.1 Å². The molecule has 1 amide bonds. The van der Waals surface area contributed by atoms with Gasteiger partial charge in [-0.25, -0.2) is 0 Å². The monoisotopic (exact) mass is 310 g/mol. The SMILES string of the molecule is O=C(Cc1ccccc1)NC(c1ccccc1)N1CCOCC1. The molecule has 3 rings (SSSR count). The first kappa shape index (κ1) is 15.7. The van der Waals surface area contributed by atoms with Crippen molar-refractivity contribution in [3.05, 3.63) is 71.8 Å². The van der Waals surface area contributed by atoms with Gasteiger partial charge in [0.25, 0.3) is 0 Å². The van der Waals surface area contributed by atoms with Crippen LogP contribution >= 0.6 is 0 Å². The maximum Gasteiger partial charge on any atom is 0.225 e. The number of nitrogens with zero attached hydrogens (tertiary/aromatic N) is 1. The van der Waals surface area contributed by atoms with E-state index in [0.717, 1.165) is 24.2 Å². The molecule has 0 radical (unpaired) electrons. The van der Waals surface area contributed by atoms with Crippen LogP contribution < -0.4 is 5.32 Å². The third-order valence-electron chi connectivity index (χ3n) is 4.03. The number of carbonyl (C=O) groups excluding carboxylic acids is 1. The van der Waals surface area contributed by atoms with Crippen molar-refractivity contribution in [3.63, 3.8) is 0 Å². The van der Waals surface area contributed by atoms with Gasteiger partial charge in [-0.1, -0.05) is 60.7 Å². The lowest BCUT2D eigenvalue weighted by atomic mass is 10.1. The molecule has 0 aliphatic carbocycles. The Morgan fingerprint density at radius 1 is 1.00 bits per heavy atom. The van der Waals surface area contributed by atoms with Gasteiger partial charge >= 0.3 is 0 Å². The zero-order chi connectivity index (χ0) is 15.9. The molecule has 0 saturated carbocycles. The molecule has 4 nitrogen and oxygen atoms in total. The summed E-state index contributed by atoms with van der Waals surface area (Å²) in [4.78, 5) is 14.7. The predicted octanol–water partition coefficient (Wildman–Crippen LogP) is 2.38. The Bertz CT molecular complexity index is 610. The van der Waals surface area contributed by atoms with Crippen molar-refractivity contribution in [1.82, 2.24) is 10.2 Å². The zero-order valence-corrected chi connectivity index (χ0v) is 13.2. The van der Waals surface area contributed by atoms with Crippen molar-refractivity contribution in [2.24, 2.45) is 0 Å². The number of amides is 1. The van der Waals surface area contributed by atoms with Crippen LogP contribution in [0.1, 0.15) is 17.3 Å². The topological polar surface area (TPSA) is 41.6 Å². The fourth-order valence-corrected chi connectivity index (χ4v) is 2.84. The van der Waals surface area contributed by atoms with Crippen LogP contribution in [0.25, 0.3) is 0 Å². The van der Waals surface area contributed by atoms with Gasteiger partial charge in [-0.05, 0) is 11.1 Å². The summed E-state index contributed by atoms with van der Waals surface area (Å²) in [7, 11) is 0. The Labute approximate surface area is 137 Å². The second-order valence-electron chi connectivity index (χ2n) is 5.69. The number of morpholine rings is 1.